The largest absolute Gasteiger partial charge is 0.487 e. The van der Waals surface area contributed by atoms with Crippen molar-refractivity contribution < 1.29 is 44.7 Å². The molecule has 1 N–H and O–H groups in total. The number of anilines is 2. The van der Waals surface area contributed by atoms with E-state index < -0.39 is 60.2 Å². The second-order valence-electron chi connectivity index (χ2n) is 7.60. The standard InChI is InChI=1S/C20H20F7N3O3/c1-11(9-19(22,23)24)32-14-5-4-12(8-13(14)21)28-17(31)16-15(10-20(25,26)27)33-18(29-16)30-6-2-3-7-30/h4-5,8,11H,2-3,6-7,9-10H2,1H3,(H,28,31). The molecule has 0 bridgehead atoms. The molecule has 1 aromatic carbocycles. The number of alkyl halides is 6. The lowest BCUT2D eigenvalue weighted by molar-refractivity contribution is -0.149. The lowest BCUT2D eigenvalue weighted by Crippen LogP contribution is -2.22. The molecule has 13 heteroatoms. The van der Waals surface area contributed by atoms with Crippen molar-refractivity contribution in [2.24, 2.45) is 0 Å². The predicted molar refractivity (Wildman–Crippen MR) is 103 cm³/mol. The van der Waals surface area contributed by atoms with E-state index in [-0.39, 0.29) is 11.7 Å². The molecule has 1 atom stereocenters. The van der Waals surface area contributed by atoms with Crippen LogP contribution in [0.4, 0.5) is 42.4 Å². The summed E-state index contributed by atoms with van der Waals surface area (Å²) in [6.07, 6.45) is -11.7. The zero-order chi connectivity index (χ0) is 24.4. The van der Waals surface area contributed by atoms with Gasteiger partial charge in [0, 0.05) is 24.8 Å². The number of rotatable bonds is 7. The summed E-state index contributed by atoms with van der Waals surface area (Å²) >= 11 is 0. The monoisotopic (exact) mass is 483 g/mol. The Labute approximate surface area is 183 Å². The van der Waals surface area contributed by atoms with Crippen molar-refractivity contribution in [3.63, 3.8) is 0 Å². The Morgan fingerprint density at radius 2 is 1.85 bits per heavy atom. The third-order valence-corrected chi connectivity index (χ3v) is 4.68. The average Bonchev–Trinajstić information content (AvgIpc) is 3.31. The van der Waals surface area contributed by atoms with E-state index in [4.69, 9.17) is 9.15 Å². The van der Waals surface area contributed by atoms with Crippen molar-refractivity contribution in [3.05, 3.63) is 35.5 Å². The number of nitrogens with one attached hydrogen (secondary N) is 1. The fourth-order valence-electron chi connectivity index (χ4n) is 3.31. The van der Waals surface area contributed by atoms with Gasteiger partial charge in [-0.3, -0.25) is 4.79 Å². The van der Waals surface area contributed by atoms with Crippen LogP contribution in [0.3, 0.4) is 0 Å². The van der Waals surface area contributed by atoms with Crippen LogP contribution < -0.4 is 15.0 Å². The fraction of sp³-hybridized carbons (Fsp3) is 0.500. The van der Waals surface area contributed by atoms with Crippen LogP contribution in [0.25, 0.3) is 0 Å². The van der Waals surface area contributed by atoms with E-state index >= 15 is 0 Å². The molecule has 2 aromatic rings. The van der Waals surface area contributed by atoms with Gasteiger partial charge < -0.3 is 19.4 Å². The van der Waals surface area contributed by atoms with Crippen molar-refractivity contribution in [2.75, 3.05) is 23.3 Å². The Kier molecular flexibility index (Phi) is 7.08. The fourth-order valence-corrected chi connectivity index (χ4v) is 3.31. The number of hydrogen-bond donors (Lipinski definition) is 1. The molecule has 1 aliphatic heterocycles. The summed E-state index contributed by atoms with van der Waals surface area (Å²) in [5.74, 6) is -3.26. The lowest BCUT2D eigenvalue weighted by Gasteiger charge is -2.17. The quantitative estimate of drug-likeness (QED) is 0.528. The van der Waals surface area contributed by atoms with Gasteiger partial charge in [0.15, 0.2) is 17.3 Å². The Bertz CT molecular complexity index is 982. The van der Waals surface area contributed by atoms with E-state index in [1.165, 1.54) is 0 Å². The van der Waals surface area contributed by atoms with E-state index in [9.17, 15) is 35.5 Å². The van der Waals surface area contributed by atoms with Crippen molar-refractivity contribution >= 4 is 17.6 Å². The van der Waals surface area contributed by atoms with Gasteiger partial charge >= 0.3 is 12.4 Å². The Morgan fingerprint density at radius 3 is 2.42 bits per heavy atom. The molecular weight excluding hydrogens is 463 g/mol. The topological polar surface area (TPSA) is 67.6 Å². The first-order valence-corrected chi connectivity index (χ1v) is 9.96. The number of nitrogens with zero attached hydrogens (tertiary/aromatic N) is 2. The highest BCUT2D eigenvalue weighted by Crippen LogP contribution is 2.30. The number of hydrogen-bond acceptors (Lipinski definition) is 5. The summed E-state index contributed by atoms with van der Waals surface area (Å²) in [6.45, 7) is 2.16. The lowest BCUT2D eigenvalue weighted by atomic mass is 10.2. The predicted octanol–water partition coefficient (Wildman–Crippen LogP) is 5.49. The van der Waals surface area contributed by atoms with Crippen LogP contribution in [0.1, 0.15) is 42.4 Å². The molecular formula is C20H20F7N3O3. The van der Waals surface area contributed by atoms with Gasteiger partial charge in [0.1, 0.15) is 18.3 Å². The number of halogens is 7. The van der Waals surface area contributed by atoms with Crippen molar-refractivity contribution in [1.29, 1.82) is 0 Å². The average molecular weight is 483 g/mol. The van der Waals surface area contributed by atoms with E-state index in [0.717, 1.165) is 38.0 Å². The Morgan fingerprint density at radius 1 is 1.18 bits per heavy atom. The summed E-state index contributed by atoms with van der Waals surface area (Å²) in [7, 11) is 0. The zero-order valence-electron chi connectivity index (χ0n) is 17.3. The number of benzene rings is 1. The number of aromatic nitrogens is 1. The van der Waals surface area contributed by atoms with Crippen LogP contribution in [0.5, 0.6) is 5.75 Å². The minimum atomic E-state index is -4.66. The van der Waals surface area contributed by atoms with Crippen LogP contribution in [-0.2, 0) is 6.42 Å². The molecule has 1 saturated heterocycles. The summed E-state index contributed by atoms with van der Waals surface area (Å²) in [6, 6.07) is 2.82. The molecule has 0 radical (unpaired) electrons. The number of carbonyl (C=O) groups excluding carboxylic acids is 1. The maximum atomic E-state index is 14.3. The molecule has 182 valence electrons. The van der Waals surface area contributed by atoms with Gasteiger partial charge in [-0.1, -0.05) is 0 Å². The Hall–Kier alpha value is -2.99. The molecule has 1 amide bonds. The molecule has 2 heterocycles. The minimum Gasteiger partial charge on any atom is -0.487 e. The van der Waals surface area contributed by atoms with E-state index in [2.05, 4.69) is 10.3 Å². The molecule has 0 saturated carbocycles. The molecule has 1 aliphatic rings. The van der Waals surface area contributed by atoms with Crippen LogP contribution >= 0.6 is 0 Å². The summed E-state index contributed by atoms with van der Waals surface area (Å²) in [5.41, 5.74) is -0.745. The SMILES string of the molecule is CC(CC(F)(F)F)Oc1ccc(NC(=O)c2nc(N3CCCC3)oc2CC(F)(F)F)cc1F. The number of amides is 1. The molecule has 1 aromatic heterocycles. The van der Waals surface area contributed by atoms with Gasteiger partial charge in [-0.2, -0.15) is 31.3 Å². The maximum absolute atomic E-state index is 14.3. The number of oxazole rings is 1. The maximum Gasteiger partial charge on any atom is 0.396 e. The highest BCUT2D eigenvalue weighted by Gasteiger charge is 2.35. The van der Waals surface area contributed by atoms with Crippen LogP contribution in [-0.4, -0.2) is 42.4 Å². The second-order valence-corrected chi connectivity index (χ2v) is 7.60. The third-order valence-electron chi connectivity index (χ3n) is 4.68. The summed E-state index contributed by atoms with van der Waals surface area (Å²) < 4.78 is 100. The van der Waals surface area contributed by atoms with Gasteiger partial charge in [0.2, 0.25) is 0 Å². The van der Waals surface area contributed by atoms with Gasteiger partial charge in [0.25, 0.3) is 11.9 Å². The van der Waals surface area contributed by atoms with E-state index in [0.29, 0.717) is 13.1 Å². The molecule has 6 nitrogen and oxygen atoms in total. The normalized spacial score (nSPS) is 15.6. The smallest absolute Gasteiger partial charge is 0.396 e. The molecule has 0 aliphatic carbocycles. The Balaban J connectivity index is 1.75. The van der Waals surface area contributed by atoms with Crippen LogP contribution in [0.2, 0.25) is 0 Å². The molecule has 1 fully saturated rings. The zero-order valence-corrected chi connectivity index (χ0v) is 17.3. The highest BCUT2D eigenvalue weighted by molar-refractivity contribution is 6.03. The second kappa shape index (κ2) is 9.48. The summed E-state index contributed by atoms with van der Waals surface area (Å²) in [4.78, 5) is 18.1. The van der Waals surface area contributed by atoms with Crippen LogP contribution in [0.15, 0.2) is 22.6 Å². The third kappa shape index (κ3) is 6.99. The van der Waals surface area contributed by atoms with E-state index in [1.54, 1.807) is 4.90 Å². The van der Waals surface area contributed by atoms with Crippen molar-refractivity contribution in [2.45, 2.75) is 51.1 Å². The molecule has 33 heavy (non-hydrogen) atoms. The van der Waals surface area contributed by atoms with Gasteiger partial charge in [-0.25, -0.2) is 4.39 Å². The van der Waals surface area contributed by atoms with Gasteiger partial charge in [0.05, 0.1) is 6.42 Å². The highest BCUT2D eigenvalue weighted by atomic mass is 19.4. The molecule has 3 rings (SSSR count). The van der Waals surface area contributed by atoms with Crippen LogP contribution in [0, 0.1) is 5.82 Å². The molecule has 0 spiro atoms. The first kappa shape index (κ1) is 24.6. The minimum absolute atomic E-state index is 0.106. The van der Waals surface area contributed by atoms with E-state index in [1.807, 2.05) is 0 Å². The van der Waals surface area contributed by atoms with Crippen molar-refractivity contribution in [1.82, 2.24) is 4.98 Å². The van der Waals surface area contributed by atoms with Gasteiger partial charge in [-0.15, -0.1) is 0 Å². The number of carbonyl (C=O) groups is 1. The number of ether oxygens (including phenoxy) is 1. The van der Waals surface area contributed by atoms with Crippen molar-refractivity contribution in [3.8, 4) is 5.75 Å². The molecule has 1 unspecified atom stereocenters. The van der Waals surface area contributed by atoms with Gasteiger partial charge in [-0.05, 0) is 31.9 Å². The first-order chi connectivity index (χ1) is 15.3. The summed E-state index contributed by atoms with van der Waals surface area (Å²) in [5, 5.41) is 2.23. The first-order valence-electron chi connectivity index (χ1n) is 9.96.